The number of hydrogen-bond acceptors (Lipinski definition) is 5. The molecule has 1 aliphatic rings. The fourth-order valence-corrected chi connectivity index (χ4v) is 2.08. The van der Waals surface area contributed by atoms with Gasteiger partial charge in [0, 0.05) is 19.2 Å². The zero-order valence-electron chi connectivity index (χ0n) is 10.8. The average Bonchev–Trinajstić information content (AvgIpc) is 2.73. The van der Waals surface area contributed by atoms with E-state index in [0.717, 1.165) is 6.07 Å². The lowest BCUT2D eigenvalue weighted by Crippen LogP contribution is -2.53. The summed E-state index contributed by atoms with van der Waals surface area (Å²) in [6.07, 6.45) is -1.66. The first kappa shape index (κ1) is 16.7. The van der Waals surface area contributed by atoms with Gasteiger partial charge >= 0.3 is 0 Å². The number of aliphatic hydroxyl groups excluding tert-OH is 1. The minimum absolute atomic E-state index is 0. The molecule has 0 unspecified atom stereocenters. The Morgan fingerprint density at radius 1 is 1.60 bits per heavy atom. The minimum Gasteiger partial charge on any atom is -0.486 e. The first-order valence-electron chi connectivity index (χ1n) is 5.95. The van der Waals surface area contributed by atoms with Crippen molar-refractivity contribution in [3.05, 3.63) is 29.6 Å². The van der Waals surface area contributed by atoms with E-state index in [2.05, 4.69) is 5.32 Å². The predicted molar refractivity (Wildman–Crippen MR) is 72.3 cm³/mol. The highest BCUT2D eigenvalue weighted by Crippen LogP contribution is 2.26. The lowest BCUT2D eigenvalue weighted by Gasteiger charge is -2.31. The molecule has 3 atom stereocenters. The first-order chi connectivity index (χ1) is 8.97. The first-order valence-corrected chi connectivity index (χ1v) is 5.95. The van der Waals surface area contributed by atoms with Gasteiger partial charge in [0.25, 0.3) is 0 Å². The Hall–Kier alpha value is -1.39. The smallest absolute Gasteiger partial charge is 0.144 e. The molecule has 2 rings (SSSR count). The van der Waals surface area contributed by atoms with Crippen LogP contribution < -0.4 is 10.1 Å². The molecule has 0 bridgehead atoms. The van der Waals surface area contributed by atoms with Crippen LogP contribution in [0.4, 0.5) is 4.39 Å². The van der Waals surface area contributed by atoms with Crippen LogP contribution in [0.1, 0.15) is 12.5 Å². The van der Waals surface area contributed by atoms with E-state index < -0.39 is 23.6 Å². The molecule has 1 aromatic carbocycles. The number of hydrogen-bond donors (Lipinski definition) is 3. The fourth-order valence-electron chi connectivity index (χ4n) is 2.08. The molecule has 0 spiro atoms. The van der Waals surface area contributed by atoms with Gasteiger partial charge in [0.1, 0.15) is 29.3 Å². The van der Waals surface area contributed by atoms with Crippen LogP contribution in [0.25, 0.3) is 0 Å². The maximum Gasteiger partial charge on any atom is 0.144 e. The average molecular weight is 303 g/mol. The van der Waals surface area contributed by atoms with Gasteiger partial charge < -0.3 is 20.3 Å². The van der Waals surface area contributed by atoms with Crippen LogP contribution in [0.3, 0.4) is 0 Å². The van der Waals surface area contributed by atoms with Gasteiger partial charge in [0.05, 0.1) is 11.7 Å². The molecule has 1 aliphatic heterocycles. The van der Waals surface area contributed by atoms with Crippen LogP contribution in [0.15, 0.2) is 18.2 Å². The van der Waals surface area contributed by atoms with E-state index in [9.17, 15) is 14.6 Å². The molecule has 110 valence electrons. The number of aliphatic hydroxyl groups is 2. The Bertz CT molecular complexity index is 521. The van der Waals surface area contributed by atoms with Gasteiger partial charge in [-0.2, -0.15) is 5.26 Å². The summed E-state index contributed by atoms with van der Waals surface area (Å²) < 4.78 is 19.0. The molecule has 0 amide bonds. The molecule has 20 heavy (non-hydrogen) atoms. The quantitative estimate of drug-likeness (QED) is 0.760. The molecule has 0 saturated carbocycles. The highest BCUT2D eigenvalue weighted by atomic mass is 35.5. The van der Waals surface area contributed by atoms with Crippen molar-refractivity contribution in [2.24, 2.45) is 0 Å². The van der Waals surface area contributed by atoms with Crippen molar-refractivity contribution in [3.8, 4) is 11.8 Å². The summed E-state index contributed by atoms with van der Waals surface area (Å²) in [5, 5.41) is 31.4. The summed E-state index contributed by atoms with van der Waals surface area (Å²) in [5.41, 5.74) is -1.48. The van der Waals surface area contributed by atoms with Gasteiger partial charge in [-0.1, -0.05) is 0 Å². The number of rotatable bonds is 3. The number of halogens is 2. The second-order valence-electron chi connectivity index (χ2n) is 4.66. The largest absolute Gasteiger partial charge is 0.486 e. The Morgan fingerprint density at radius 2 is 2.30 bits per heavy atom. The van der Waals surface area contributed by atoms with Crippen LogP contribution >= 0.6 is 12.4 Å². The summed E-state index contributed by atoms with van der Waals surface area (Å²) >= 11 is 0. The summed E-state index contributed by atoms with van der Waals surface area (Å²) in [5.74, 6) is -0.462. The molecule has 0 aromatic heterocycles. The molecular weight excluding hydrogens is 287 g/mol. The van der Waals surface area contributed by atoms with E-state index in [1.807, 2.05) is 0 Å². The normalized spacial score (nSPS) is 26.4. The van der Waals surface area contributed by atoms with Crippen molar-refractivity contribution in [2.45, 2.75) is 24.7 Å². The number of nitriles is 1. The van der Waals surface area contributed by atoms with Crippen LogP contribution in [0.5, 0.6) is 5.75 Å². The molecule has 3 N–H and O–H groups in total. The third-order valence-corrected chi connectivity index (χ3v) is 3.36. The van der Waals surface area contributed by atoms with Crippen LogP contribution in [-0.4, -0.2) is 41.1 Å². The van der Waals surface area contributed by atoms with Gasteiger partial charge in [-0.3, -0.25) is 0 Å². The third-order valence-electron chi connectivity index (χ3n) is 3.36. The lowest BCUT2D eigenvalue weighted by atomic mass is 9.94. The van der Waals surface area contributed by atoms with E-state index in [1.54, 1.807) is 6.07 Å². The van der Waals surface area contributed by atoms with Crippen molar-refractivity contribution < 1.29 is 19.3 Å². The second-order valence-corrected chi connectivity index (χ2v) is 4.66. The van der Waals surface area contributed by atoms with E-state index in [-0.39, 0.29) is 30.3 Å². The van der Waals surface area contributed by atoms with E-state index in [1.165, 1.54) is 19.1 Å². The van der Waals surface area contributed by atoms with E-state index in [4.69, 9.17) is 10.00 Å². The molecule has 7 heteroatoms. The summed E-state index contributed by atoms with van der Waals surface area (Å²) in [6.45, 7) is 2.03. The maximum absolute atomic E-state index is 13.4. The molecular formula is C13H16ClFN2O3. The number of β-amino-alcohol motifs (C(OH)–C–C–N with tert-alkyl or cyclic N) is 1. The Labute approximate surface area is 122 Å². The lowest BCUT2D eigenvalue weighted by molar-refractivity contribution is -0.103. The number of ether oxygens (including phenoxy) is 1. The Morgan fingerprint density at radius 3 is 2.85 bits per heavy atom. The Balaban J connectivity index is 0.00000200. The van der Waals surface area contributed by atoms with Crippen molar-refractivity contribution in [1.29, 1.82) is 5.26 Å². The molecule has 5 nitrogen and oxygen atoms in total. The molecule has 1 heterocycles. The molecule has 1 fully saturated rings. The molecule has 0 aliphatic carbocycles. The number of benzene rings is 1. The van der Waals surface area contributed by atoms with Crippen LogP contribution in [0, 0.1) is 17.1 Å². The van der Waals surface area contributed by atoms with Crippen molar-refractivity contribution >= 4 is 12.4 Å². The highest BCUT2D eigenvalue weighted by Gasteiger charge is 2.47. The minimum atomic E-state index is -1.41. The van der Waals surface area contributed by atoms with Crippen molar-refractivity contribution in [1.82, 2.24) is 5.32 Å². The number of nitrogens with zero attached hydrogens (tertiary/aromatic N) is 1. The monoisotopic (exact) mass is 302 g/mol. The summed E-state index contributed by atoms with van der Waals surface area (Å²) in [7, 11) is 0. The SMILES string of the molecule is C[C@H](O)[C@]1(O)CNC[C@@H]1Oc1ccc(C#N)c(F)c1.Cl. The zero-order chi connectivity index (χ0) is 14.0. The van der Waals surface area contributed by atoms with Crippen LogP contribution in [-0.2, 0) is 0 Å². The van der Waals surface area contributed by atoms with Crippen molar-refractivity contribution in [2.75, 3.05) is 13.1 Å². The van der Waals surface area contributed by atoms with E-state index >= 15 is 0 Å². The summed E-state index contributed by atoms with van der Waals surface area (Å²) in [4.78, 5) is 0. The predicted octanol–water partition coefficient (Wildman–Crippen LogP) is 0.582. The van der Waals surface area contributed by atoms with Gasteiger partial charge in [0.15, 0.2) is 0 Å². The zero-order valence-corrected chi connectivity index (χ0v) is 11.7. The number of nitrogens with one attached hydrogen (secondary N) is 1. The van der Waals surface area contributed by atoms with Gasteiger partial charge in [0.2, 0.25) is 0 Å². The molecule has 1 aromatic rings. The third kappa shape index (κ3) is 3.02. The van der Waals surface area contributed by atoms with E-state index in [0.29, 0.717) is 6.54 Å². The van der Waals surface area contributed by atoms with Gasteiger partial charge in [-0.15, -0.1) is 12.4 Å². The topological polar surface area (TPSA) is 85.5 Å². The maximum atomic E-state index is 13.4. The Kier molecular flexibility index (Phi) is 5.31. The summed E-state index contributed by atoms with van der Waals surface area (Å²) in [6, 6.07) is 5.59. The van der Waals surface area contributed by atoms with Crippen LogP contribution in [0.2, 0.25) is 0 Å². The van der Waals surface area contributed by atoms with Gasteiger partial charge in [-0.05, 0) is 19.1 Å². The standard InChI is InChI=1S/C13H15FN2O3.ClH/c1-8(17)13(18)7-16-6-12(13)19-10-3-2-9(5-15)11(14)4-10;/h2-4,8,12,16-18H,6-7H2,1H3;1H/t8-,12-,13+;/m0./s1. The highest BCUT2D eigenvalue weighted by molar-refractivity contribution is 5.85. The molecule has 1 saturated heterocycles. The second kappa shape index (κ2) is 6.37. The molecule has 0 radical (unpaired) electrons. The van der Waals surface area contributed by atoms with Crippen molar-refractivity contribution in [3.63, 3.8) is 0 Å². The fraction of sp³-hybridized carbons (Fsp3) is 0.462. The van der Waals surface area contributed by atoms with Gasteiger partial charge in [-0.25, -0.2) is 4.39 Å².